The fourth-order valence-corrected chi connectivity index (χ4v) is 4.50. The van der Waals surface area contributed by atoms with Crippen molar-refractivity contribution < 1.29 is 27.4 Å². The Labute approximate surface area is 179 Å². The van der Waals surface area contributed by atoms with Crippen LogP contribution >= 0.6 is 12.4 Å². The van der Waals surface area contributed by atoms with Gasteiger partial charge in [0, 0.05) is 51.0 Å². The highest BCUT2D eigenvalue weighted by molar-refractivity contribution is 5.85. The first-order valence-corrected chi connectivity index (χ1v) is 10.0. The lowest BCUT2D eigenvalue weighted by Gasteiger charge is -2.42. The van der Waals surface area contributed by atoms with E-state index in [4.69, 9.17) is 15.2 Å². The molecule has 30 heavy (non-hydrogen) atoms. The van der Waals surface area contributed by atoms with E-state index in [0.29, 0.717) is 58.7 Å². The normalized spacial score (nSPS) is 26.5. The summed E-state index contributed by atoms with van der Waals surface area (Å²) in [5, 5.41) is 0. The molecule has 4 rings (SSSR count). The van der Waals surface area contributed by atoms with Gasteiger partial charge in [0.05, 0.1) is 18.8 Å². The molecule has 1 aromatic carbocycles. The lowest BCUT2D eigenvalue weighted by Crippen LogP contribution is -2.56. The predicted octanol–water partition coefficient (Wildman–Crippen LogP) is 3.20. The molecule has 2 unspecified atom stereocenters. The molecule has 0 saturated carbocycles. The van der Waals surface area contributed by atoms with Crippen LogP contribution in [0.1, 0.15) is 36.3 Å². The molecule has 2 atom stereocenters. The predicted molar refractivity (Wildman–Crippen MR) is 106 cm³/mol. The average Bonchev–Trinajstić information content (AvgIpc) is 3.15. The van der Waals surface area contributed by atoms with Crippen LogP contribution in [0.4, 0.5) is 18.0 Å². The number of urea groups is 1. The van der Waals surface area contributed by atoms with E-state index in [9.17, 15) is 18.0 Å². The molecule has 3 aliphatic rings. The third kappa shape index (κ3) is 4.85. The summed E-state index contributed by atoms with van der Waals surface area (Å²) in [5.74, 6) is -0.625. The van der Waals surface area contributed by atoms with Crippen LogP contribution in [0.25, 0.3) is 0 Å². The number of rotatable bonds is 1. The number of benzene rings is 1. The van der Waals surface area contributed by atoms with E-state index in [2.05, 4.69) is 0 Å². The van der Waals surface area contributed by atoms with Crippen molar-refractivity contribution in [3.63, 3.8) is 0 Å². The van der Waals surface area contributed by atoms with E-state index < -0.39 is 17.5 Å². The van der Waals surface area contributed by atoms with Crippen molar-refractivity contribution in [2.45, 2.75) is 43.2 Å². The van der Waals surface area contributed by atoms with Crippen LogP contribution in [0.15, 0.2) is 24.3 Å². The first kappa shape index (κ1) is 23.1. The first-order chi connectivity index (χ1) is 13.8. The molecule has 3 saturated heterocycles. The summed E-state index contributed by atoms with van der Waals surface area (Å²) in [7, 11) is 0. The van der Waals surface area contributed by atoms with Gasteiger partial charge in [-0.1, -0.05) is 12.1 Å². The minimum absolute atomic E-state index is 0. The Balaban J connectivity index is 0.00000256. The number of nitrogens with zero attached hydrogens (tertiary/aromatic N) is 2. The Kier molecular flexibility index (Phi) is 6.86. The van der Waals surface area contributed by atoms with Gasteiger partial charge in [0.15, 0.2) is 5.79 Å². The highest BCUT2D eigenvalue weighted by Crippen LogP contribution is 2.34. The quantitative estimate of drug-likeness (QED) is 0.715. The smallest absolute Gasteiger partial charge is 0.347 e. The molecule has 10 heteroatoms. The zero-order chi connectivity index (χ0) is 20.6. The van der Waals surface area contributed by atoms with Gasteiger partial charge in [-0.3, -0.25) is 0 Å². The van der Waals surface area contributed by atoms with Crippen LogP contribution in [0.5, 0.6) is 0 Å². The summed E-state index contributed by atoms with van der Waals surface area (Å²) in [6, 6.07) is 4.88. The molecular weight excluding hydrogens is 423 g/mol. The number of nitrogens with two attached hydrogens (primary N) is 1. The SMILES string of the molecule is Cl.NC1CC(c2ccc(C(F)(F)F)cc2)CN(C(=O)N2CCC3(CC2)OCCO3)C1. The molecule has 6 nitrogen and oxygen atoms in total. The van der Waals surface area contributed by atoms with Crippen LogP contribution in [-0.4, -0.2) is 67.1 Å². The highest BCUT2D eigenvalue weighted by atomic mass is 35.5. The van der Waals surface area contributed by atoms with Crippen molar-refractivity contribution in [1.82, 2.24) is 9.80 Å². The summed E-state index contributed by atoms with van der Waals surface area (Å²) in [6.45, 7) is 3.18. The lowest BCUT2D eigenvalue weighted by molar-refractivity contribution is -0.182. The van der Waals surface area contributed by atoms with E-state index in [-0.39, 0.29) is 30.4 Å². The Hall–Kier alpha value is -1.55. The highest BCUT2D eigenvalue weighted by Gasteiger charge is 2.42. The van der Waals surface area contributed by atoms with Crippen LogP contribution in [-0.2, 0) is 15.7 Å². The molecule has 1 spiro atoms. The molecule has 2 N–H and O–H groups in total. The van der Waals surface area contributed by atoms with E-state index in [1.807, 2.05) is 0 Å². The number of carbonyl (C=O) groups is 1. The van der Waals surface area contributed by atoms with Crippen LogP contribution < -0.4 is 5.73 Å². The second-order valence-corrected chi connectivity index (χ2v) is 8.09. The van der Waals surface area contributed by atoms with Crippen molar-refractivity contribution in [2.24, 2.45) is 5.73 Å². The minimum atomic E-state index is -4.36. The third-order valence-corrected chi connectivity index (χ3v) is 6.07. The Morgan fingerprint density at radius 3 is 2.20 bits per heavy atom. The summed E-state index contributed by atoms with van der Waals surface area (Å²) < 4.78 is 49.8. The number of amides is 2. The number of hydrogen-bond acceptors (Lipinski definition) is 4. The molecule has 3 heterocycles. The van der Waals surface area contributed by atoms with Crippen LogP contribution in [0, 0.1) is 0 Å². The van der Waals surface area contributed by atoms with Gasteiger partial charge in [-0.2, -0.15) is 13.2 Å². The lowest BCUT2D eigenvalue weighted by atomic mass is 9.88. The van der Waals surface area contributed by atoms with E-state index in [1.165, 1.54) is 12.1 Å². The molecule has 168 valence electrons. The van der Waals surface area contributed by atoms with Gasteiger partial charge in [-0.25, -0.2) is 4.79 Å². The summed E-state index contributed by atoms with van der Waals surface area (Å²) in [6.07, 6.45) is -2.44. The second-order valence-electron chi connectivity index (χ2n) is 8.09. The standard InChI is InChI=1S/C20H26F3N3O3.ClH/c21-20(22,23)16-3-1-14(2-4-16)15-11-17(24)13-26(12-15)18(27)25-7-5-19(6-8-25)28-9-10-29-19;/h1-4,15,17H,5-13,24H2;1H. The Morgan fingerprint density at radius 2 is 1.63 bits per heavy atom. The van der Waals surface area contributed by atoms with Crippen molar-refractivity contribution in [1.29, 1.82) is 0 Å². The molecule has 0 radical (unpaired) electrons. The van der Waals surface area contributed by atoms with Crippen molar-refractivity contribution >= 4 is 18.4 Å². The van der Waals surface area contributed by atoms with Gasteiger partial charge >= 0.3 is 12.2 Å². The molecule has 0 aromatic heterocycles. The molecule has 3 aliphatic heterocycles. The topological polar surface area (TPSA) is 68.0 Å². The number of likely N-dealkylation sites (tertiary alicyclic amines) is 2. The van der Waals surface area contributed by atoms with Gasteiger partial charge in [-0.15, -0.1) is 12.4 Å². The summed E-state index contributed by atoms with van der Waals surface area (Å²) in [5.41, 5.74) is 6.28. The zero-order valence-electron chi connectivity index (χ0n) is 16.6. The fourth-order valence-electron chi connectivity index (χ4n) is 4.50. The van der Waals surface area contributed by atoms with Gasteiger partial charge in [0.25, 0.3) is 0 Å². The summed E-state index contributed by atoms with van der Waals surface area (Å²) in [4.78, 5) is 16.5. The van der Waals surface area contributed by atoms with Gasteiger partial charge in [-0.05, 0) is 24.1 Å². The molecule has 1 aromatic rings. The van der Waals surface area contributed by atoms with Crippen molar-refractivity contribution in [2.75, 3.05) is 39.4 Å². The number of alkyl halides is 3. The number of halogens is 4. The number of ether oxygens (including phenoxy) is 2. The van der Waals surface area contributed by atoms with Crippen LogP contribution in [0.2, 0.25) is 0 Å². The average molecular weight is 450 g/mol. The van der Waals surface area contributed by atoms with Crippen molar-refractivity contribution in [3.8, 4) is 0 Å². The molecular formula is C20H27ClF3N3O3. The van der Waals surface area contributed by atoms with Gasteiger partial charge in [0.2, 0.25) is 0 Å². The van der Waals surface area contributed by atoms with Gasteiger partial charge < -0.3 is 25.0 Å². The Bertz CT molecular complexity index is 731. The maximum atomic E-state index is 13.0. The number of carbonyl (C=O) groups excluding carboxylic acids is 1. The molecule has 2 amide bonds. The maximum Gasteiger partial charge on any atom is 0.416 e. The maximum absolute atomic E-state index is 13.0. The monoisotopic (exact) mass is 449 g/mol. The van der Waals surface area contributed by atoms with E-state index in [0.717, 1.165) is 17.7 Å². The number of hydrogen-bond donors (Lipinski definition) is 1. The van der Waals surface area contributed by atoms with Gasteiger partial charge in [0.1, 0.15) is 0 Å². The summed E-state index contributed by atoms with van der Waals surface area (Å²) >= 11 is 0. The van der Waals surface area contributed by atoms with Crippen molar-refractivity contribution in [3.05, 3.63) is 35.4 Å². The van der Waals surface area contributed by atoms with Crippen LogP contribution in [0.3, 0.4) is 0 Å². The van der Waals surface area contributed by atoms with E-state index >= 15 is 0 Å². The second kappa shape index (κ2) is 8.90. The largest absolute Gasteiger partial charge is 0.416 e. The first-order valence-electron chi connectivity index (χ1n) is 10.0. The molecule has 0 bridgehead atoms. The fraction of sp³-hybridized carbons (Fsp3) is 0.650. The zero-order valence-corrected chi connectivity index (χ0v) is 17.4. The third-order valence-electron chi connectivity index (χ3n) is 6.07. The van der Waals surface area contributed by atoms with E-state index in [1.54, 1.807) is 9.80 Å². The molecule has 0 aliphatic carbocycles. The Morgan fingerprint density at radius 1 is 1.03 bits per heavy atom. The minimum Gasteiger partial charge on any atom is -0.347 e. The molecule has 3 fully saturated rings. The number of piperidine rings is 2.